The topological polar surface area (TPSA) is 193 Å². The quantitative estimate of drug-likeness (QED) is 0.305. The molecule has 4 N–H and O–H groups in total. The van der Waals surface area contributed by atoms with Crippen LogP contribution in [0.1, 0.15) is 83.1 Å². The smallest absolute Gasteiger partial charge is 0.408 e. The Hall–Kier alpha value is -4.66. The van der Waals surface area contributed by atoms with Gasteiger partial charge in [0.05, 0.1) is 22.9 Å². The third-order valence-corrected chi connectivity index (χ3v) is 14.4. The molecule has 6 aliphatic rings. The number of benzene rings is 1. The van der Waals surface area contributed by atoms with Crippen LogP contribution in [0, 0.1) is 17.8 Å². The maximum atomic E-state index is 14.8. The molecule has 1 aromatic heterocycles. The van der Waals surface area contributed by atoms with Gasteiger partial charge < -0.3 is 30.0 Å². The SMILES string of the molecule is C=C[C@@H]1C[C@]1(NC(=O)C1CC2CN1C(=O)C(C1CCCC1)NC(=O)OC1(C)CC1CC/C=C/Cc1c([nH]c3ccccc3c1=O)O2)C(=O)NS(=O)(=O)C1CC1. The summed E-state index contributed by atoms with van der Waals surface area (Å²) in [5.41, 5.74) is -1.43. The van der Waals surface area contributed by atoms with Crippen LogP contribution in [0.25, 0.3) is 10.9 Å². The van der Waals surface area contributed by atoms with Gasteiger partial charge in [0.15, 0.2) is 11.3 Å². The first-order valence-electron chi connectivity index (χ1n) is 19.6. The molecule has 0 radical (unpaired) electrons. The molecule has 2 aromatic rings. The second-order valence-electron chi connectivity index (χ2n) is 16.5. The van der Waals surface area contributed by atoms with Gasteiger partial charge in [0, 0.05) is 23.6 Å². The first kappa shape index (κ1) is 37.3. The van der Waals surface area contributed by atoms with Crippen molar-refractivity contribution in [2.45, 2.75) is 119 Å². The highest BCUT2D eigenvalue weighted by molar-refractivity contribution is 7.91. The van der Waals surface area contributed by atoms with E-state index in [1.165, 1.54) is 11.0 Å². The van der Waals surface area contributed by atoms with Crippen molar-refractivity contribution in [3.63, 3.8) is 0 Å². The Labute approximate surface area is 319 Å². The van der Waals surface area contributed by atoms with Crippen LogP contribution in [-0.2, 0) is 35.6 Å². The number of alkyl carbamates (subject to hydrolysis) is 1. The number of nitrogens with zero attached hydrogens (tertiary/aromatic N) is 1. The standard InChI is InChI=1S/C40H49N5O9S/c1-3-24-21-40(24,37(49)44-55(51,52)27-17-18-27)43-34(47)31-19-26-22-45(31)36(48)32(23-11-7-8-12-23)42-38(50)54-39(2)20-25(39)13-5-4-6-15-29-33(46)28-14-9-10-16-30(28)41-35(29)53-26/h3-4,6,9-10,14,16,23-27,31-32H,1,5,7-8,11-13,15,17-22H2,2H3,(H,41,46)(H,42,50)(H,43,47)(H,44,49)/b6-4+/t24-,25?,26?,31?,32?,39?,40-/m1/s1. The molecule has 2 bridgehead atoms. The molecule has 8 rings (SSSR count). The number of carbonyl (C=O) groups is 4. The van der Waals surface area contributed by atoms with E-state index in [9.17, 15) is 32.4 Å². The fourth-order valence-electron chi connectivity index (χ4n) is 8.90. The summed E-state index contributed by atoms with van der Waals surface area (Å²) < 4.78 is 40.2. The minimum atomic E-state index is -3.91. The lowest BCUT2D eigenvalue weighted by atomic mass is 9.96. The van der Waals surface area contributed by atoms with Gasteiger partial charge >= 0.3 is 6.09 Å². The maximum Gasteiger partial charge on any atom is 0.408 e. The third kappa shape index (κ3) is 7.27. The van der Waals surface area contributed by atoms with Gasteiger partial charge in [-0.3, -0.25) is 23.9 Å². The Morgan fingerprint density at radius 1 is 1.04 bits per heavy atom. The zero-order chi connectivity index (χ0) is 38.7. The molecule has 5 fully saturated rings. The lowest BCUT2D eigenvalue weighted by Gasteiger charge is -2.32. The largest absolute Gasteiger partial charge is 0.473 e. The molecule has 3 heterocycles. The number of sulfonamides is 1. The second-order valence-corrected chi connectivity index (χ2v) is 18.5. The number of hydrogen-bond donors (Lipinski definition) is 4. The van der Waals surface area contributed by atoms with Gasteiger partial charge in [-0.2, -0.15) is 0 Å². The number of carbonyl (C=O) groups excluding carboxylic acids is 4. The average molecular weight is 776 g/mol. The highest BCUT2D eigenvalue weighted by Gasteiger charge is 2.62. The molecule has 1 saturated heterocycles. The Balaban J connectivity index is 1.14. The molecule has 7 atom stereocenters. The summed E-state index contributed by atoms with van der Waals surface area (Å²) in [4.78, 5) is 74.8. The van der Waals surface area contributed by atoms with Crippen molar-refractivity contribution in [3.8, 4) is 5.88 Å². The van der Waals surface area contributed by atoms with Gasteiger partial charge in [-0.25, -0.2) is 13.2 Å². The van der Waals surface area contributed by atoms with Crippen molar-refractivity contribution in [2.75, 3.05) is 6.54 Å². The summed E-state index contributed by atoms with van der Waals surface area (Å²) >= 11 is 0. The van der Waals surface area contributed by atoms with Crippen LogP contribution in [0.15, 0.2) is 53.9 Å². The van der Waals surface area contributed by atoms with E-state index >= 15 is 0 Å². The second kappa shape index (κ2) is 14.1. The summed E-state index contributed by atoms with van der Waals surface area (Å²) in [5.74, 6) is -2.32. The number of allylic oxidation sites excluding steroid dienone is 2. The van der Waals surface area contributed by atoms with E-state index in [2.05, 4.69) is 26.9 Å². The number of rotatable bonds is 7. The molecule has 5 unspecified atom stereocenters. The van der Waals surface area contributed by atoms with Crippen LogP contribution in [0.5, 0.6) is 5.88 Å². The van der Waals surface area contributed by atoms with Crippen LogP contribution in [0.3, 0.4) is 0 Å². The van der Waals surface area contributed by atoms with Gasteiger partial charge in [0.1, 0.15) is 29.3 Å². The molecule has 294 valence electrons. The van der Waals surface area contributed by atoms with Crippen molar-refractivity contribution >= 4 is 44.7 Å². The molecule has 1 aromatic carbocycles. The zero-order valence-corrected chi connectivity index (χ0v) is 31.8. The van der Waals surface area contributed by atoms with Gasteiger partial charge in [-0.05, 0) is 82.8 Å². The van der Waals surface area contributed by atoms with E-state index in [4.69, 9.17) is 9.47 Å². The number of fused-ring (bicyclic) bond motifs is 5. The van der Waals surface area contributed by atoms with E-state index in [0.717, 1.165) is 25.7 Å². The summed E-state index contributed by atoms with van der Waals surface area (Å²) in [7, 11) is -3.91. The number of aromatic amines is 1. The number of hydrogen-bond acceptors (Lipinski definition) is 9. The molecular formula is C40H49N5O9S. The van der Waals surface area contributed by atoms with Crippen molar-refractivity contribution < 1.29 is 37.1 Å². The summed E-state index contributed by atoms with van der Waals surface area (Å²) in [6, 6.07) is 5.01. The lowest BCUT2D eigenvalue weighted by molar-refractivity contribution is -0.142. The fraction of sp³-hybridized carbons (Fsp3) is 0.575. The average Bonchev–Trinajstić information content (AvgIpc) is 4.11. The van der Waals surface area contributed by atoms with Crippen molar-refractivity contribution in [1.29, 1.82) is 0 Å². The molecule has 4 aliphatic carbocycles. The molecule has 15 heteroatoms. The van der Waals surface area contributed by atoms with Gasteiger partial charge in [-0.1, -0.05) is 43.2 Å². The predicted octanol–water partition coefficient (Wildman–Crippen LogP) is 3.50. The van der Waals surface area contributed by atoms with Crippen LogP contribution in [0.4, 0.5) is 4.79 Å². The Kier molecular flexibility index (Phi) is 9.57. The molecule has 0 spiro atoms. The van der Waals surface area contributed by atoms with Crippen LogP contribution in [-0.4, -0.2) is 83.2 Å². The summed E-state index contributed by atoms with van der Waals surface area (Å²) in [6.07, 6.45) is 10.7. The van der Waals surface area contributed by atoms with E-state index in [1.807, 2.05) is 25.1 Å². The van der Waals surface area contributed by atoms with Gasteiger partial charge in [-0.15, -0.1) is 6.58 Å². The number of nitrogens with one attached hydrogen (secondary N) is 4. The van der Waals surface area contributed by atoms with Crippen LogP contribution >= 0.6 is 0 Å². The highest BCUT2D eigenvalue weighted by Crippen LogP contribution is 2.50. The number of ether oxygens (including phenoxy) is 2. The van der Waals surface area contributed by atoms with Gasteiger partial charge in [0.25, 0.3) is 5.91 Å². The van der Waals surface area contributed by atoms with Crippen LogP contribution in [0.2, 0.25) is 0 Å². The first-order valence-corrected chi connectivity index (χ1v) is 21.1. The van der Waals surface area contributed by atoms with Crippen molar-refractivity contribution in [1.82, 2.24) is 25.2 Å². The lowest BCUT2D eigenvalue weighted by Crippen LogP contribution is -2.59. The Morgan fingerprint density at radius 2 is 1.80 bits per heavy atom. The Bertz CT molecular complexity index is 2130. The molecule has 2 aliphatic heterocycles. The molecule has 4 saturated carbocycles. The highest BCUT2D eigenvalue weighted by atomic mass is 32.2. The minimum Gasteiger partial charge on any atom is -0.473 e. The van der Waals surface area contributed by atoms with E-state index in [1.54, 1.807) is 18.2 Å². The van der Waals surface area contributed by atoms with Crippen molar-refractivity contribution in [2.24, 2.45) is 17.8 Å². The normalized spacial score (nSPS) is 33.1. The monoisotopic (exact) mass is 775 g/mol. The molecular weight excluding hydrogens is 727 g/mol. The van der Waals surface area contributed by atoms with E-state index in [0.29, 0.717) is 48.6 Å². The van der Waals surface area contributed by atoms with E-state index < -0.39 is 74.3 Å². The molecule has 14 nitrogen and oxygen atoms in total. The number of para-hydroxylation sites is 1. The number of aromatic nitrogens is 1. The summed E-state index contributed by atoms with van der Waals surface area (Å²) in [5, 5.41) is 5.57. The number of pyridine rings is 1. The van der Waals surface area contributed by atoms with Gasteiger partial charge in [0.2, 0.25) is 21.8 Å². The minimum absolute atomic E-state index is 0.000121. The Morgan fingerprint density at radius 3 is 2.53 bits per heavy atom. The zero-order valence-electron chi connectivity index (χ0n) is 31.0. The predicted molar refractivity (Wildman–Crippen MR) is 202 cm³/mol. The van der Waals surface area contributed by atoms with Crippen LogP contribution < -0.4 is 25.5 Å². The van der Waals surface area contributed by atoms with E-state index in [-0.39, 0.29) is 49.0 Å². The molecule has 4 amide bonds. The van der Waals surface area contributed by atoms with Crippen molar-refractivity contribution in [3.05, 3.63) is 64.9 Å². The third-order valence-electron chi connectivity index (χ3n) is 12.6. The maximum absolute atomic E-state index is 14.8. The summed E-state index contributed by atoms with van der Waals surface area (Å²) in [6.45, 7) is 5.63. The number of H-pyrrole nitrogens is 1. The molecule has 55 heavy (non-hydrogen) atoms. The first-order chi connectivity index (χ1) is 26.3. The fourth-order valence-corrected chi connectivity index (χ4v) is 10.3. The number of amides is 4.